The number of nitrogens with one attached hydrogen (secondary N) is 2. The van der Waals surface area contributed by atoms with Gasteiger partial charge in [0.05, 0.1) is 5.69 Å². The van der Waals surface area contributed by atoms with Crippen LogP contribution in [0.25, 0.3) is 27.9 Å². The van der Waals surface area contributed by atoms with Gasteiger partial charge in [0.1, 0.15) is 11.0 Å². The first kappa shape index (κ1) is 18.1. The smallest absolute Gasteiger partial charge is 0.243 e. The van der Waals surface area contributed by atoms with Crippen LogP contribution < -0.4 is 10.6 Å². The first-order chi connectivity index (χ1) is 13.7. The summed E-state index contributed by atoms with van der Waals surface area (Å²) >= 11 is 0. The van der Waals surface area contributed by atoms with Crippen molar-refractivity contribution in [3.8, 4) is 11.3 Å². The third-order valence-corrected chi connectivity index (χ3v) is 5.00. The van der Waals surface area contributed by atoms with Gasteiger partial charge in [-0.2, -0.15) is 4.98 Å². The van der Waals surface area contributed by atoms with Crippen molar-refractivity contribution in [2.24, 2.45) is 0 Å². The minimum absolute atomic E-state index is 0.350. The van der Waals surface area contributed by atoms with E-state index in [4.69, 9.17) is 4.98 Å². The van der Waals surface area contributed by atoms with Crippen molar-refractivity contribution < 1.29 is 0 Å². The van der Waals surface area contributed by atoms with Gasteiger partial charge in [-0.1, -0.05) is 19.1 Å². The van der Waals surface area contributed by atoms with Crippen LogP contribution in [-0.2, 0) is 6.54 Å². The fourth-order valence-electron chi connectivity index (χ4n) is 3.36. The topological polar surface area (TPSA) is 97.8 Å². The van der Waals surface area contributed by atoms with E-state index in [1.807, 2.05) is 42.9 Å². The third kappa shape index (κ3) is 3.02. The molecular weight excluding hydrogens is 354 g/mol. The number of rotatable bonds is 7. The third-order valence-electron chi connectivity index (χ3n) is 5.00. The minimum atomic E-state index is 0.350. The molecule has 2 N–H and O–H groups in total. The second-order valence-corrected chi connectivity index (χ2v) is 6.66. The highest BCUT2D eigenvalue weighted by molar-refractivity contribution is 5.89. The molecule has 9 nitrogen and oxygen atoms in total. The van der Waals surface area contributed by atoms with Crippen LogP contribution in [0.1, 0.15) is 33.6 Å². The van der Waals surface area contributed by atoms with Crippen LogP contribution in [0.4, 0.5) is 11.8 Å². The normalized spacial score (nSPS) is 11.6. The summed E-state index contributed by atoms with van der Waals surface area (Å²) in [7, 11) is 1.87. The zero-order valence-electron chi connectivity index (χ0n) is 16.6. The summed E-state index contributed by atoms with van der Waals surface area (Å²) in [6.45, 7) is 7.06. The lowest BCUT2D eigenvalue weighted by Gasteiger charge is -2.16. The van der Waals surface area contributed by atoms with Crippen LogP contribution >= 0.6 is 0 Å². The zero-order chi connectivity index (χ0) is 19.7. The van der Waals surface area contributed by atoms with E-state index in [9.17, 15) is 0 Å². The number of hydrogen-bond donors (Lipinski definition) is 2. The maximum Gasteiger partial charge on any atom is 0.243 e. The number of hydrogen-bond acceptors (Lipinski definition) is 7. The molecule has 4 heterocycles. The van der Waals surface area contributed by atoms with E-state index < -0.39 is 0 Å². The molecule has 0 spiro atoms. The van der Waals surface area contributed by atoms with Crippen molar-refractivity contribution in [1.82, 2.24) is 34.6 Å². The lowest BCUT2D eigenvalue weighted by atomic mass is 10.1. The van der Waals surface area contributed by atoms with E-state index in [0.29, 0.717) is 12.0 Å². The van der Waals surface area contributed by atoms with Crippen LogP contribution in [-0.4, -0.2) is 47.7 Å². The largest absolute Gasteiger partial charge is 0.371 e. The Morgan fingerprint density at radius 2 is 1.89 bits per heavy atom. The van der Waals surface area contributed by atoms with Crippen molar-refractivity contribution in [1.29, 1.82) is 0 Å². The molecule has 0 unspecified atom stereocenters. The predicted molar refractivity (Wildman–Crippen MR) is 111 cm³/mol. The standard InChI is InChI=1S/C19H25N9/c1-5-12(6-2)21-19-23-17(20-4)16-13(10-11-28(16)25-19)14-8-9-15-18(22-14)27(7-3)26-24-15/h8-12H,5-7H2,1-4H3,(H2,20,21,23,25). The molecule has 0 radical (unpaired) electrons. The molecule has 0 fully saturated rings. The van der Waals surface area contributed by atoms with Crippen LogP contribution in [0.15, 0.2) is 24.4 Å². The molecule has 0 amide bonds. The summed E-state index contributed by atoms with van der Waals surface area (Å²) in [4.78, 5) is 9.48. The van der Waals surface area contributed by atoms with Gasteiger partial charge < -0.3 is 10.6 Å². The zero-order valence-corrected chi connectivity index (χ0v) is 16.6. The molecule has 146 valence electrons. The summed E-state index contributed by atoms with van der Waals surface area (Å²) < 4.78 is 3.64. The van der Waals surface area contributed by atoms with Crippen LogP contribution in [0.2, 0.25) is 0 Å². The maximum absolute atomic E-state index is 4.80. The van der Waals surface area contributed by atoms with Crippen molar-refractivity contribution in [3.05, 3.63) is 24.4 Å². The predicted octanol–water partition coefficient (Wildman–Crippen LogP) is 3.20. The molecule has 4 aromatic heterocycles. The second-order valence-electron chi connectivity index (χ2n) is 6.66. The SMILES string of the molecule is CCC(CC)Nc1nc(NC)c2c(-c3ccc4nnn(CC)c4n3)ccn2n1. The van der Waals surface area contributed by atoms with Gasteiger partial charge >= 0.3 is 0 Å². The Hall–Kier alpha value is -3.23. The van der Waals surface area contributed by atoms with E-state index in [1.165, 1.54) is 0 Å². The van der Waals surface area contributed by atoms with E-state index in [0.717, 1.165) is 53.1 Å². The Kier molecular flexibility index (Phi) is 4.81. The summed E-state index contributed by atoms with van der Waals surface area (Å²) in [5.41, 5.74) is 4.26. The average Bonchev–Trinajstić information content (AvgIpc) is 3.34. The highest BCUT2D eigenvalue weighted by Gasteiger charge is 2.16. The molecule has 0 aliphatic rings. The van der Waals surface area contributed by atoms with Gasteiger partial charge in [0.15, 0.2) is 11.5 Å². The van der Waals surface area contributed by atoms with Crippen molar-refractivity contribution in [3.63, 3.8) is 0 Å². The Morgan fingerprint density at radius 1 is 1.07 bits per heavy atom. The summed E-state index contributed by atoms with van der Waals surface area (Å²) in [5.74, 6) is 1.37. The monoisotopic (exact) mass is 379 g/mol. The van der Waals surface area contributed by atoms with Gasteiger partial charge in [-0.25, -0.2) is 14.2 Å². The Labute approximate surface area is 163 Å². The molecule has 4 rings (SSSR count). The lowest BCUT2D eigenvalue weighted by Crippen LogP contribution is -2.20. The average molecular weight is 379 g/mol. The van der Waals surface area contributed by atoms with E-state index >= 15 is 0 Å². The van der Waals surface area contributed by atoms with Crippen LogP contribution in [0.5, 0.6) is 0 Å². The van der Waals surface area contributed by atoms with E-state index in [-0.39, 0.29) is 0 Å². The van der Waals surface area contributed by atoms with Crippen LogP contribution in [0.3, 0.4) is 0 Å². The number of nitrogens with zero attached hydrogens (tertiary/aromatic N) is 7. The molecule has 0 bridgehead atoms. The number of aryl methyl sites for hydroxylation is 1. The molecule has 4 aromatic rings. The number of fused-ring (bicyclic) bond motifs is 2. The first-order valence-electron chi connectivity index (χ1n) is 9.72. The summed E-state index contributed by atoms with van der Waals surface area (Å²) in [6, 6.07) is 6.27. The fourth-order valence-corrected chi connectivity index (χ4v) is 3.36. The van der Waals surface area contributed by atoms with E-state index in [1.54, 1.807) is 4.68 Å². The first-order valence-corrected chi connectivity index (χ1v) is 9.72. The maximum atomic E-state index is 4.80. The van der Waals surface area contributed by atoms with Gasteiger partial charge in [0, 0.05) is 31.4 Å². The quantitative estimate of drug-likeness (QED) is 0.509. The van der Waals surface area contributed by atoms with Gasteiger partial charge in [0.2, 0.25) is 5.95 Å². The van der Waals surface area contributed by atoms with Crippen molar-refractivity contribution >= 4 is 28.4 Å². The lowest BCUT2D eigenvalue weighted by molar-refractivity contribution is 0.641. The fraction of sp³-hybridized carbons (Fsp3) is 0.421. The number of anilines is 2. The molecule has 9 heteroatoms. The summed E-state index contributed by atoms with van der Waals surface area (Å²) in [5, 5.41) is 19.6. The van der Waals surface area contributed by atoms with Crippen LogP contribution in [0, 0.1) is 0 Å². The van der Waals surface area contributed by atoms with Gasteiger partial charge in [-0.15, -0.1) is 10.2 Å². The second kappa shape index (κ2) is 7.41. The van der Waals surface area contributed by atoms with Gasteiger partial charge in [-0.05, 0) is 38.0 Å². The van der Waals surface area contributed by atoms with Gasteiger partial charge in [0.25, 0.3) is 0 Å². The molecule has 0 aromatic carbocycles. The summed E-state index contributed by atoms with van der Waals surface area (Å²) in [6.07, 6.45) is 3.98. The van der Waals surface area contributed by atoms with Crippen molar-refractivity contribution in [2.45, 2.75) is 46.2 Å². The van der Waals surface area contributed by atoms with Crippen molar-refractivity contribution in [2.75, 3.05) is 17.7 Å². The number of aromatic nitrogens is 7. The Bertz CT molecular complexity index is 1110. The molecule has 0 saturated heterocycles. The highest BCUT2D eigenvalue weighted by atomic mass is 15.4. The molecule has 0 atom stereocenters. The number of pyridine rings is 1. The minimum Gasteiger partial charge on any atom is -0.371 e. The highest BCUT2D eigenvalue weighted by Crippen LogP contribution is 2.30. The molecule has 28 heavy (non-hydrogen) atoms. The molecular formula is C19H25N9. The molecule has 0 aliphatic heterocycles. The van der Waals surface area contributed by atoms with Gasteiger partial charge in [-0.3, -0.25) is 0 Å². The Morgan fingerprint density at radius 3 is 2.61 bits per heavy atom. The molecule has 0 aliphatic carbocycles. The van der Waals surface area contributed by atoms with E-state index in [2.05, 4.69) is 44.9 Å². The molecule has 0 saturated carbocycles. The Balaban J connectivity index is 1.82.